The van der Waals surface area contributed by atoms with Crippen LogP contribution in [0.1, 0.15) is 17.3 Å². The molecule has 3 rings (SSSR count). The highest BCUT2D eigenvalue weighted by molar-refractivity contribution is 9.10. The number of nitrogens with zero attached hydrogens (tertiary/aromatic N) is 6. The molecule has 0 radical (unpaired) electrons. The lowest BCUT2D eigenvalue weighted by molar-refractivity contribution is -0.384. The summed E-state index contributed by atoms with van der Waals surface area (Å²) in [5.74, 6) is -0.469. The molecule has 0 aliphatic rings. The predicted octanol–water partition coefficient (Wildman–Crippen LogP) is 6.89. The van der Waals surface area contributed by atoms with Crippen LogP contribution < -0.4 is 0 Å². The molecule has 0 bridgehead atoms. The third-order valence-corrected chi connectivity index (χ3v) is 5.25. The van der Waals surface area contributed by atoms with Gasteiger partial charge in [0.1, 0.15) is 22.0 Å². The van der Waals surface area contributed by atoms with E-state index >= 15 is 0 Å². The number of aliphatic imine (C=N–C) groups is 1. The Bertz CT molecular complexity index is 1310. The van der Waals surface area contributed by atoms with E-state index in [4.69, 9.17) is 16.3 Å². The Balaban J connectivity index is 2.20. The summed E-state index contributed by atoms with van der Waals surface area (Å²) in [5, 5.41) is 19.6. The molecule has 180 valence electrons. The molecule has 1 heterocycles. The molecule has 0 unspecified atom stereocenters. The Labute approximate surface area is 214 Å². The standard InChI is InChI=1S/C23H20BrClN6O4/c1-4-35-23(32)17-12-19(29-28-16-9-10-18(25)20(11-16)31(33)34)21(14-5-7-15(24)8-6-14)27-22(17)26-13-30(2)3/h5-13H,4H2,1-3H3. The first-order chi connectivity index (χ1) is 16.7. The molecule has 0 atom stereocenters. The lowest BCUT2D eigenvalue weighted by Gasteiger charge is -2.11. The van der Waals surface area contributed by atoms with E-state index in [2.05, 4.69) is 36.1 Å². The monoisotopic (exact) mass is 558 g/mol. The maximum atomic E-state index is 12.7. The zero-order chi connectivity index (χ0) is 25.5. The number of halogens is 2. The number of rotatable bonds is 8. The molecule has 0 fully saturated rings. The molecular formula is C23H20BrClN6O4. The summed E-state index contributed by atoms with van der Waals surface area (Å²) in [4.78, 5) is 33.9. The minimum Gasteiger partial charge on any atom is -0.462 e. The molecule has 0 saturated carbocycles. The van der Waals surface area contributed by atoms with Gasteiger partial charge in [-0.1, -0.05) is 39.7 Å². The predicted molar refractivity (Wildman–Crippen MR) is 137 cm³/mol. The number of nitro groups is 1. The van der Waals surface area contributed by atoms with Crippen molar-refractivity contribution in [1.82, 2.24) is 9.88 Å². The summed E-state index contributed by atoms with van der Waals surface area (Å²) >= 11 is 9.29. The van der Waals surface area contributed by atoms with Crippen LogP contribution in [0.25, 0.3) is 11.3 Å². The Hall–Kier alpha value is -3.70. The SMILES string of the molecule is CCOC(=O)c1cc(N=Nc2ccc(Cl)c([N+](=O)[O-])c2)c(-c2ccc(Br)cc2)nc1N=CN(C)C. The Kier molecular flexibility index (Phi) is 8.61. The van der Waals surface area contributed by atoms with E-state index in [0.717, 1.165) is 4.47 Å². The number of hydrogen-bond donors (Lipinski definition) is 0. The summed E-state index contributed by atoms with van der Waals surface area (Å²) in [6.45, 7) is 1.85. The van der Waals surface area contributed by atoms with Gasteiger partial charge in [0.25, 0.3) is 5.69 Å². The van der Waals surface area contributed by atoms with E-state index in [1.807, 2.05) is 24.3 Å². The van der Waals surface area contributed by atoms with Crippen molar-refractivity contribution in [1.29, 1.82) is 0 Å². The van der Waals surface area contributed by atoms with Crippen molar-refractivity contribution in [2.75, 3.05) is 20.7 Å². The molecule has 12 heteroatoms. The molecule has 10 nitrogen and oxygen atoms in total. The van der Waals surface area contributed by atoms with Crippen molar-refractivity contribution in [3.8, 4) is 11.3 Å². The number of esters is 1. The number of benzene rings is 2. The number of nitro benzene ring substituents is 1. The smallest absolute Gasteiger partial charge is 0.342 e. The van der Waals surface area contributed by atoms with E-state index in [9.17, 15) is 14.9 Å². The Morgan fingerprint density at radius 2 is 1.91 bits per heavy atom. The summed E-state index contributed by atoms with van der Waals surface area (Å²) in [6.07, 6.45) is 1.52. The maximum absolute atomic E-state index is 12.7. The van der Waals surface area contributed by atoms with E-state index in [0.29, 0.717) is 11.3 Å². The molecule has 2 aromatic carbocycles. The second kappa shape index (κ2) is 11.6. The number of carbonyl (C=O) groups excluding carboxylic acids is 1. The highest BCUT2D eigenvalue weighted by atomic mass is 79.9. The molecule has 0 amide bonds. The molecular weight excluding hydrogens is 540 g/mol. The third-order valence-electron chi connectivity index (χ3n) is 4.41. The van der Waals surface area contributed by atoms with Gasteiger partial charge in [-0.05, 0) is 37.3 Å². The molecule has 35 heavy (non-hydrogen) atoms. The van der Waals surface area contributed by atoms with Crippen LogP contribution in [0.4, 0.5) is 22.9 Å². The van der Waals surface area contributed by atoms with Crippen LogP contribution in [-0.2, 0) is 4.74 Å². The normalized spacial score (nSPS) is 11.2. The highest BCUT2D eigenvalue weighted by Gasteiger charge is 2.20. The Morgan fingerprint density at radius 3 is 2.54 bits per heavy atom. The largest absolute Gasteiger partial charge is 0.462 e. The van der Waals surface area contributed by atoms with Crippen molar-refractivity contribution in [3.05, 3.63) is 73.7 Å². The molecule has 0 spiro atoms. The van der Waals surface area contributed by atoms with Crippen LogP contribution in [0.2, 0.25) is 5.02 Å². The molecule has 0 aliphatic carbocycles. The fraction of sp³-hybridized carbons (Fsp3) is 0.174. The fourth-order valence-corrected chi connectivity index (χ4v) is 3.28. The van der Waals surface area contributed by atoms with Crippen LogP contribution in [-0.4, -0.2) is 47.8 Å². The van der Waals surface area contributed by atoms with E-state index < -0.39 is 10.9 Å². The molecule has 0 saturated heterocycles. The lowest BCUT2D eigenvalue weighted by Crippen LogP contribution is -2.09. The molecule has 0 aliphatic heterocycles. The molecule has 0 N–H and O–H groups in total. The summed E-state index contributed by atoms with van der Waals surface area (Å²) in [6, 6.07) is 12.9. The van der Waals surface area contributed by atoms with Gasteiger partial charge in [-0.2, -0.15) is 5.11 Å². The number of ether oxygens (including phenoxy) is 1. The lowest BCUT2D eigenvalue weighted by atomic mass is 10.1. The van der Waals surface area contributed by atoms with Crippen LogP contribution in [0.15, 0.2) is 68.2 Å². The van der Waals surface area contributed by atoms with Gasteiger partial charge in [-0.25, -0.2) is 14.8 Å². The topological polar surface area (TPSA) is 123 Å². The van der Waals surface area contributed by atoms with Crippen LogP contribution in [0, 0.1) is 10.1 Å². The van der Waals surface area contributed by atoms with Gasteiger partial charge in [-0.3, -0.25) is 10.1 Å². The zero-order valence-electron chi connectivity index (χ0n) is 19.0. The summed E-state index contributed by atoms with van der Waals surface area (Å²) in [7, 11) is 3.58. The fourth-order valence-electron chi connectivity index (χ4n) is 2.83. The van der Waals surface area contributed by atoms with Gasteiger partial charge < -0.3 is 9.64 Å². The Morgan fingerprint density at radius 1 is 1.20 bits per heavy atom. The van der Waals surface area contributed by atoms with Crippen molar-refractivity contribution in [2.24, 2.45) is 15.2 Å². The average molecular weight is 560 g/mol. The van der Waals surface area contributed by atoms with E-state index in [1.54, 1.807) is 25.9 Å². The molecule has 3 aromatic rings. The third kappa shape index (κ3) is 6.67. The van der Waals surface area contributed by atoms with Crippen molar-refractivity contribution in [2.45, 2.75) is 6.92 Å². The molecule has 1 aromatic heterocycles. The number of carbonyl (C=O) groups is 1. The van der Waals surface area contributed by atoms with Crippen molar-refractivity contribution >= 4 is 62.7 Å². The van der Waals surface area contributed by atoms with Gasteiger partial charge in [0, 0.05) is 30.2 Å². The number of hydrogen-bond acceptors (Lipinski definition) is 8. The first-order valence-electron chi connectivity index (χ1n) is 10.2. The number of pyridine rings is 1. The number of aromatic nitrogens is 1. The summed E-state index contributed by atoms with van der Waals surface area (Å²) < 4.78 is 6.04. The second-order valence-electron chi connectivity index (χ2n) is 7.26. The number of azo groups is 1. The van der Waals surface area contributed by atoms with Crippen LogP contribution in [0.3, 0.4) is 0 Å². The van der Waals surface area contributed by atoms with Gasteiger partial charge >= 0.3 is 5.97 Å². The zero-order valence-corrected chi connectivity index (χ0v) is 21.3. The van der Waals surface area contributed by atoms with Gasteiger partial charge in [0.2, 0.25) is 0 Å². The van der Waals surface area contributed by atoms with Gasteiger partial charge in [0.15, 0.2) is 5.82 Å². The first-order valence-corrected chi connectivity index (χ1v) is 11.4. The van der Waals surface area contributed by atoms with E-state index in [1.165, 1.54) is 30.6 Å². The van der Waals surface area contributed by atoms with Crippen LogP contribution >= 0.6 is 27.5 Å². The summed E-state index contributed by atoms with van der Waals surface area (Å²) in [5.41, 5.74) is 1.36. The minimum atomic E-state index is -0.619. The van der Waals surface area contributed by atoms with E-state index in [-0.39, 0.29) is 40.1 Å². The maximum Gasteiger partial charge on any atom is 0.342 e. The quantitative estimate of drug-likeness (QED) is 0.0739. The minimum absolute atomic E-state index is 0.0149. The highest BCUT2D eigenvalue weighted by Crippen LogP contribution is 2.36. The second-order valence-corrected chi connectivity index (χ2v) is 8.58. The van der Waals surface area contributed by atoms with Gasteiger partial charge in [-0.15, -0.1) is 5.11 Å². The van der Waals surface area contributed by atoms with Crippen molar-refractivity contribution < 1.29 is 14.5 Å². The van der Waals surface area contributed by atoms with Gasteiger partial charge in [0.05, 0.1) is 23.6 Å². The first kappa shape index (κ1) is 25.9. The average Bonchev–Trinajstić information content (AvgIpc) is 2.82. The van der Waals surface area contributed by atoms with Crippen molar-refractivity contribution in [3.63, 3.8) is 0 Å². The van der Waals surface area contributed by atoms with Crippen LogP contribution in [0.5, 0.6) is 0 Å².